The van der Waals surface area contributed by atoms with Crippen molar-refractivity contribution in [2.24, 2.45) is 5.73 Å². The van der Waals surface area contributed by atoms with Crippen LogP contribution in [0.2, 0.25) is 0 Å². The van der Waals surface area contributed by atoms with E-state index in [1.54, 1.807) is 6.08 Å². The van der Waals surface area contributed by atoms with Crippen LogP contribution in [-0.4, -0.2) is 40.4 Å². The van der Waals surface area contributed by atoms with Gasteiger partial charge in [-0.2, -0.15) is 0 Å². The summed E-state index contributed by atoms with van der Waals surface area (Å²) in [5, 5.41) is 8.80. The number of rotatable bonds is 6. The lowest BCUT2D eigenvalue weighted by Crippen LogP contribution is -2.38. The predicted octanol–water partition coefficient (Wildman–Crippen LogP) is 3.81. The van der Waals surface area contributed by atoms with E-state index in [4.69, 9.17) is 15.2 Å². The molecule has 3 heterocycles. The largest absolute Gasteiger partial charge is 0.484 e. The molecule has 162 valence electrons. The zero-order chi connectivity index (χ0) is 21.2. The average molecular weight is 420 g/mol. The second-order valence-electron chi connectivity index (χ2n) is 8.32. The van der Waals surface area contributed by atoms with Crippen LogP contribution < -0.4 is 15.4 Å². The lowest BCUT2D eigenvalue weighted by molar-refractivity contribution is 0.0561. The fraction of sp³-hybridized carbons (Fsp3) is 0.417. The number of anilines is 1. The Bertz CT molecular complexity index is 1060. The zero-order valence-electron chi connectivity index (χ0n) is 17.7. The molecule has 1 fully saturated rings. The molecule has 2 aromatic heterocycles. The molecule has 7 heteroatoms. The molecule has 0 spiro atoms. The van der Waals surface area contributed by atoms with Crippen molar-refractivity contribution in [3.63, 3.8) is 0 Å². The zero-order valence-corrected chi connectivity index (χ0v) is 17.7. The Hall–Kier alpha value is -2.90. The van der Waals surface area contributed by atoms with Crippen LogP contribution in [0.3, 0.4) is 0 Å². The van der Waals surface area contributed by atoms with Crippen LogP contribution in [0.4, 0.5) is 5.95 Å². The topological polar surface area (TPSA) is 77.9 Å². The number of nitrogens with two attached hydrogens (primary N) is 1. The van der Waals surface area contributed by atoms with Crippen molar-refractivity contribution in [3.8, 4) is 5.75 Å². The molecule has 0 radical (unpaired) electrons. The number of fused-ring (bicyclic) bond motifs is 2. The molecule has 5 rings (SSSR count). The van der Waals surface area contributed by atoms with Crippen molar-refractivity contribution in [1.82, 2.24) is 14.6 Å². The summed E-state index contributed by atoms with van der Waals surface area (Å²) in [6.07, 6.45) is 7.86. The third kappa shape index (κ3) is 4.03. The maximum absolute atomic E-state index is 6.43. The van der Waals surface area contributed by atoms with E-state index in [9.17, 15) is 0 Å². The Morgan fingerprint density at radius 2 is 1.84 bits per heavy atom. The van der Waals surface area contributed by atoms with Crippen LogP contribution in [-0.2, 0) is 4.74 Å². The third-order valence-electron chi connectivity index (χ3n) is 6.29. The van der Waals surface area contributed by atoms with Gasteiger partial charge in [-0.1, -0.05) is 30.3 Å². The van der Waals surface area contributed by atoms with Gasteiger partial charge in [0.25, 0.3) is 0 Å². The highest BCUT2D eigenvalue weighted by Crippen LogP contribution is 2.37. The first-order valence-corrected chi connectivity index (χ1v) is 11.1. The Labute approximate surface area is 182 Å². The van der Waals surface area contributed by atoms with E-state index in [2.05, 4.69) is 39.9 Å². The van der Waals surface area contributed by atoms with Gasteiger partial charge in [-0.3, -0.25) is 4.40 Å². The Morgan fingerprint density at radius 3 is 2.65 bits per heavy atom. The summed E-state index contributed by atoms with van der Waals surface area (Å²) in [5.41, 5.74) is 9.50. The number of hydrogen-bond acceptors (Lipinski definition) is 6. The van der Waals surface area contributed by atoms with Crippen molar-refractivity contribution in [1.29, 1.82) is 0 Å². The minimum atomic E-state index is 0.00568. The molecule has 31 heavy (non-hydrogen) atoms. The van der Waals surface area contributed by atoms with Crippen molar-refractivity contribution in [2.75, 3.05) is 24.6 Å². The first-order valence-electron chi connectivity index (χ1n) is 11.1. The number of aromatic nitrogens is 3. The number of hydrogen-bond donors (Lipinski definition) is 1. The molecular formula is C24H29N5O2. The van der Waals surface area contributed by atoms with E-state index < -0.39 is 0 Å². The van der Waals surface area contributed by atoms with Crippen LogP contribution in [0.5, 0.6) is 5.75 Å². The summed E-state index contributed by atoms with van der Waals surface area (Å²) in [7, 11) is 0. The van der Waals surface area contributed by atoms with Gasteiger partial charge in [0.05, 0.1) is 18.9 Å². The second-order valence-corrected chi connectivity index (χ2v) is 8.32. The highest BCUT2D eigenvalue weighted by atomic mass is 16.5. The van der Waals surface area contributed by atoms with Gasteiger partial charge in [-0.25, -0.2) is 0 Å². The van der Waals surface area contributed by atoms with Gasteiger partial charge in [0, 0.05) is 19.1 Å². The number of piperidine rings is 1. The summed E-state index contributed by atoms with van der Waals surface area (Å²) in [4.78, 5) is 2.27. The summed E-state index contributed by atoms with van der Waals surface area (Å²) >= 11 is 0. The first-order chi connectivity index (χ1) is 15.2. The van der Waals surface area contributed by atoms with Gasteiger partial charge in [0.15, 0.2) is 5.65 Å². The van der Waals surface area contributed by atoms with E-state index >= 15 is 0 Å². The fourth-order valence-electron chi connectivity index (χ4n) is 4.64. The molecule has 3 aromatic rings. The van der Waals surface area contributed by atoms with E-state index in [-0.39, 0.29) is 18.2 Å². The van der Waals surface area contributed by atoms with Crippen molar-refractivity contribution < 1.29 is 9.47 Å². The van der Waals surface area contributed by atoms with Crippen LogP contribution >= 0.6 is 0 Å². The smallest absolute Gasteiger partial charge is 0.231 e. The van der Waals surface area contributed by atoms with Crippen molar-refractivity contribution >= 4 is 11.6 Å². The molecule has 1 aromatic carbocycles. The minimum Gasteiger partial charge on any atom is -0.484 e. The minimum absolute atomic E-state index is 0.00568. The highest BCUT2D eigenvalue weighted by Gasteiger charge is 2.27. The van der Waals surface area contributed by atoms with E-state index in [1.165, 1.54) is 11.1 Å². The van der Waals surface area contributed by atoms with Gasteiger partial charge in [0.1, 0.15) is 11.9 Å². The van der Waals surface area contributed by atoms with Crippen LogP contribution in [0.25, 0.3) is 5.65 Å². The summed E-state index contributed by atoms with van der Waals surface area (Å²) in [5.74, 6) is 1.67. The second kappa shape index (κ2) is 8.69. The number of benzene rings is 1. The molecular weight excluding hydrogens is 390 g/mol. The lowest BCUT2D eigenvalue weighted by atomic mass is 9.86. The molecule has 0 bridgehead atoms. The Kier molecular flexibility index (Phi) is 5.61. The molecule has 2 atom stereocenters. The third-order valence-corrected chi connectivity index (χ3v) is 6.29. The Morgan fingerprint density at radius 1 is 1.03 bits per heavy atom. The molecule has 7 nitrogen and oxygen atoms in total. The van der Waals surface area contributed by atoms with Gasteiger partial charge in [-0.15, -0.1) is 16.8 Å². The standard InChI is InChI=1S/C24H29N5O2/c1-2-15-30-17-11-13-28(14-12-17)24-27-26-23-10-7-18(16-29(23)24)31-22-9-8-21(25)19-5-3-4-6-20(19)22/h2-7,10,16-17,21-22H,1,8-9,11-15,25H2/t21-,22+/m0/s1. The Balaban J connectivity index is 1.34. The summed E-state index contributed by atoms with van der Waals surface area (Å²) < 4.78 is 14.3. The molecule has 0 saturated carbocycles. The fourth-order valence-corrected chi connectivity index (χ4v) is 4.64. The van der Waals surface area contributed by atoms with Gasteiger partial charge < -0.3 is 20.1 Å². The maximum Gasteiger partial charge on any atom is 0.231 e. The predicted molar refractivity (Wildman–Crippen MR) is 120 cm³/mol. The number of ether oxygens (including phenoxy) is 2. The van der Waals surface area contributed by atoms with Gasteiger partial charge in [-0.05, 0) is 48.9 Å². The SMILES string of the molecule is C=CCOC1CCN(c2nnc3ccc(O[C@@H]4CC[C@H](N)c5ccccc54)cn23)CC1. The van der Waals surface area contributed by atoms with Crippen LogP contribution in [0.1, 0.15) is 49.0 Å². The normalized spacial score (nSPS) is 21.8. The average Bonchev–Trinajstić information content (AvgIpc) is 3.23. The van der Waals surface area contributed by atoms with E-state index in [1.807, 2.05) is 28.8 Å². The number of pyridine rings is 1. The van der Waals surface area contributed by atoms with Crippen molar-refractivity contribution in [3.05, 3.63) is 66.4 Å². The van der Waals surface area contributed by atoms with Crippen LogP contribution in [0, 0.1) is 0 Å². The highest BCUT2D eigenvalue weighted by molar-refractivity contribution is 5.49. The van der Waals surface area contributed by atoms with Crippen LogP contribution in [0.15, 0.2) is 55.3 Å². The number of nitrogens with zero attached hydrogens (tertiary/aromatic N) is 4. The quantitative estimate of drug-likeness (QED) is 0.612. The molecule has 1 aliphatic carbocycles. The molecule has 0 unspecified atom stereocenters. The molecule has 1 saturated heterocycles. The molecule has 0 amide bonds. The van der Waals surface area contributed by atoms with Crippen molar-refractivity contribution in [2.45, 2.75) is 43.9 Å². The van der Waals surface area contributed by atoms with Gasteiger partial charge >= 0.3 is 0 Å². The summed E-state index contributed by atoms with van der Waals surface area (Å²) in [6.45, 7) is 6.11. The molecule has 1 aliphatic heterocycles. The lowest BCUT2D eigenvalue weighted by Gasteiger charge is -2.32. The van der Waals surface area contributed by atoms with E-state index in [0.717, 1.165) is 56.1 Å². The van der Waals surface area contributed by atoms with Gasteiger partial charge in [0.2, 0.25) is 5.95 Å². The maximum atomic E-state index is 6.43. The molecule has 2 N–H and O–H groups in total. The summed E-state index contributed by atoms with van der Waals surface area (Å²) in [6, 6.07) is 12.4. The van der Waals surface area contributed by atoms with E-state index in [0.29, 0.717) is 6.61 Å². The first kappa shape index (κ1) is 20.0. The monoisotopic (exact) mass is 419 g/mol. The molecule has 2 aliphatic rings.